The standard InChI is InChI=1S/C21H21Cl2N3O/c1-2-27-19-9-4-3-8-18(19)26-21-15(7-5-6-12-24-21)20(25-26)14-10-11-16(22)17(23)13-14/h3-4,8-11,13,24H,2,5-7,12H2,1H3. The Kier molecular flexibility index (Phi) is 5.28. The highest BCUT2D eigenvalue weighted by Crippen LogP contribution is 2.37. The Morgan fingerprint density at radius 3 is 2.78 bits per heavy atom. The van der Waals surface area contributed by atoms with Crippen LogP contribution in [0, 0.1) is 0 Å². The number of benzene rings is 2. The van der Waals surface area contributed by atoms with Crippen LogP contribution >= 0.6 is 23.2 Å². The quantitative estimate of drug-likeness (QED) is 0.582. The first-order valence-electron chi connectivity index (χ1n) is 9.22. The fourth-order valence-corrected chi connectivity index (χ4v) is 3.76. The number of halogens is 2. The van der Waals surface area contributed by atoms with Crippen molar-refractivity contribution in [3.05, 3.63) is 58.1 Å². The van der Waals surface area contributed by atoms with Crippen LogP contribution in [-0.4, -0.2) is 22.9 Å². The Balaban J connectivity index is 1.91. The number of nitrogens with zero attached hydrogens (tertiary/aromatic N) is 2. The van der Waals surface area contributed by atoms with E-state index in [1.807, 2.05) is 54.1 Å². The number of nitrogens with one attached hydrogen (secondary N) is 1. The molecule has 0 bridgehead atoms. The van der Waals surface area contributed by atoms with E-state index in [1.165, 1.54) is 5.56 Å². The van der Waals surface area contributed by atoms with Crippen molar-refractivity contribution in [1.82, 2.24) is 9.78 Å². The van der Waals surface area contributed by atoms with Crippen molar-refractivity contribution in [3.8, 4) is 22.7 Å². The molecular formula is C21H21Cl2N3O. The molecule has 27 heavy (non-hydrogen) atoms. The number of hydrogen-bond acceptors (Lipinski definition) is 3. The van der Waals surface area contributed by atoms with E-state index >= 15 is 0 Å². The lowest BCUT2D eigenvalue weighted by molar-refractivity contribution is 0.338. The summed E-state index contributed by atoms with van der Waals surface area (Å²) in [4.78, 5) is 0. The van der Waals surface area contributed by atoms with Crippen molar-refractivity contribution < 1.29 is 4.74 Å². The second kappa shape index (κ2) is 7.83. The molecule has 0 fully saturated rings. The Morgan fingerprint density at radius 2 is 1.96 bits per heavy atom. The summed E-state index contributed by atoms with van der Waals surface area (Å²) in [5.41, 5.74) is 4.04. The van der Waals surface area contributed by atoms with Gasteiger partial charge in [-0.3, -0.25) is 0 Å². The Bertz CT molecular complexity index is 968. The average molecular weight is 402 g/mol. The van der Waals surface area contributed by atoms with Crippen LogP contribution in [0.5, 0.6) is 5.75 Å². The molecule has 2 heterocycles. The number of hydrogen-bond donors (Lipinski definition) is 1. The molecular weight excluding hydrogens is 381 g/mol. The van der Waals surface area contributed by atoms with E-state index in [0.29, 0.717) is 16.7 Å². The molecule has 0 atom stereocenters. The van der Waals surface area contributed by atoms with E-state index in [9.17, 15) is 0 Å². The normalized spacial score (nSPS) is 13.6. The molecule has 1 aliphatic heterocycles. The summed E-state index contributed by atoms with van der Waals surface area (Å²) in [5.74, 6) is 1.85. The second-order valence-corrected chi connectivity index (χ2v) is 7.32. The summed E-state index contributed by atoms with van der Waals surface area (Å²) in [6.07, 6.45) is 3.21. The van der Waals surface area contributed by atoms with Crippen molar-refractivity contribution >= 4 is 29.0 Å². The zero-order chi connectivity index (χ0) is 18.8. The predicted octanol–water partition coefficient (Wildman–Crippen LogP) is 5.99. The molecule has 4 nitrogen and oxygen atoms in total. The van der Waals surface area contributed by atoms with Crippen LogP contribution in [0.15, 0.2) is 42.5 Å². The van der Waals surface area contributed by atoms with E-state index in [4.69, 9.17) is 33.0 Å². The van der Waals surface area contributed by atoms with E-state index in [2.05, 4.69) is 5.32 Å². The average Bonchev–Trinajstić information content (AvgIpc) is 2.86. The number of rotatable bonds is 4. The Hall–Kier alpha value is -2.17. The number of aromatic nitrogens is 2. The zero-order valence-electron chi connectivity index (χ0n) is 15.1. The molecule has 140 valence electrons. The minimum atomic E-state index is 0.536. The van der Waals surface area contributed by atoms with Gasteiger partial charge < -0.3 is 10.1 Å². The monoisotopic (exact) mass is 401 g/mol. The first-order chi connectivity index (χ1) is 13.2. The molecule has 3 aromatic rings. The molecule has 0 spiro atoms. The molecule has 0 radical (unpaired) electrons. The smallest absolute Gasteiger partial charge is 0.145 e. The van der Waals surface area contributed by atoms with Crippen molar-refractivity contribution in [3.63, 3.8) is 0 Å². The van der Waals surface area contributed by atoms with Crippen LogP contribution in [0.2, 0.25) is 10.0 Å². The third kappa shape index (κ3) is 3.52. The number of para-hydroxylation sites is 2. The van der Waals surface area contributed by atoms with Gasteiger partial charge in [-0.2, -0.15) is 5.10 Å². The minimum Gasteiger partial charge on any atom is -0.492 e. The van der Waals surface area contributed by atoms with Crippen molar-refractivity contribution in [2.75, 3.05) is 18.5 Å². The highest BCUT2D eigenvalue weighted by molar-refractivity contribution is 6.42. The molecule has 4 rings (SSSR count). The minimum absolute atomic E-state index is 0.536. The van der Waals surface area contributed by atoms with Crippen LogP contribution in [0.1, 0.15) is 25.3 Å². The summed E-state index contributed by atoms with van der Waals surface area (Å²) in [6, 6.07) is 13.7. The molecule has 0 amide bonds. The summed E-state index contributed by atoms with van der Waals surface area (Å²) < 4.78 is 7.80. The first-order valence-corrected chi connectivity index (χ1v) is 9.98. The lowest BCUT2D eigenvalue weighted by Crippen LogP contribution is -2.08. The molecule has 1 aromatic heterocycles. The van der Waals surface area contributed by atoms with Crippen molar-refractivity contribution in [1.29, 1.82) is 0 Å². The van der Waals surface area contributed by atoms with Gasteiger partial charge >= 0.3 is 0 Å². The van der Waals surface area contributed by atoms with Crippen molar-refractivity contribution in [2.45, 2.75) is 26.2 Å². The third-order valence-corrected chi connectivity index (χ3v) is 5.45. The summed E-state index contributed by atoms with van der Waals surface area (Å²) >= 11 is 12.4. The molecule has 2 aromatic carbocycles. The van der Waals surface area contributed by atoms with Gasteiger partial charge in [0.25, 0.3) is 0 Å². The van der Waals surface area contributed by atoms with Gasteiger partial charge in [-0.15, -0.1) is 0 Å². The van der Waals surface area contributed by atoms with Gasteiger partial charge in [0.1, 0.15) is 17.3 Å². The summed E-state index contributed by atoms with van der Waals surface area (Å²) in [5, 5.41) is 9.61. The highest BCUT2D eigenvalue weighted by atomic mass is 35.5. The fourth-order valence-electron chi connectivity index (χ4n) is 3.46. The molecule has 0 saturated carbocycles. The van der Waals surface area contributed by atoms with E-state index in [0.717, 1.165) is 54.3 Å². The van der Waals surface area contributed by atoms with Gasteiger partial charge in [-0.05, 0) is 50.5 Å². The number of fused-ring (bicyclic) bond motifs is 1. The fraction of sp³-hybridized carbons (Fsp3) is 0.286. The molecule has 0 saturated heterocycles. The van der Waals surface area contributed by atoms with Gasteiger partial charge in [0.15, 0.2) is 0 Å². The maximum absolute atomic E-state index is 6.27. The van der Waals surface area contributed by atoms with Crippen LogP contribution in [-0.2, 0) is 6.42 Å². The molecule has 0 aliphatic carbocycles. The highest BCUT2D eigenvalue weighted by Gasteiger charge is 2.23. The summed E-state index contributed by atoms with van der Waals surface area (Å²) in [6.45, 7) is 3.52. The second-order valence-electron chi connectivity index (χ2n) is 6.50. The molecule has 6 heteroatoms. The summed E-state index contributed by atoms with van der Waals surface area (Å²) in [7, 11) is 0. The Labute approximate surface area is 169 Å². The van der Waals surface area contributed by atoms with Gasteiger partial charge in [-0.25, -0.2) is 4.68 Å². The van der Waals surface area contributed by atoms with Crippen LogP contribution < -0.4 is 10.1 Å². The van der Waals surface area contributed by atoms with Crippen LogP contribution in [0.3, 0.4) is 0 Å². The third-order valence-electron chi connectivity index (χ3n) is 4.72. The number of ether oxygens (including phenoxy) is 1. The van der Waals surface area contributed by atoms with Gasteiger partial charge in [0.05, 0.1) is 22.3 Å². The zero-order valence-corrected chi connectivity index (χ0v) is 16.6. The van der Waals surface area contributed by atoms with Gasteiger partial charge in [0.2, 0.25) is 0 Å². The van der Waals surface area contributed by atoms with Crippen LogP contribution in [0.4, 0.5) is 5.82 Å². The lowest BCUT2D eigenvalue weighted by Gasteiger charge is -2.13. The van der Waals surface area contributed by atoms with E-state index in [-0.39, 0.29) is 0 Å². The molecule has 1 aliphatic rings. The maximum Gasteiger partial charge on any atom is 0.145 e. The Morgan fingerprint density at radius 1 is 1.11 bits per heavy atom. The number of anilines is 1. The van der Waals surface area contributed by atoms with E-state index < -0.39 is 0 Å². The topological polar surface area (TPSA) is 39.1 Å². The van der Waals surface area contributed by atoms with Crippen LogP contribution in [0.25, 0.3) is 16.9 Å². The molecule has 0 unspecified atom stereocenters. The predicted molar refractivity (Wildman–Crippen MR) is 112 cm³/mol. The largest absolute Gasteiger partial charge is 0.492 e. The first kappa shape index (κ1) is 18.2. The molecule has 1 N–H and O–H groups in total. The van der Waals surface area contributed by atoms with E-state index in [1.54, 1.807) is 0 Å². The maximum atomic E-state index is 6.27. The van der Waals surface area contributed by atoms with Crippen molar-refractivity contribution in [2.24, 2.45) is 0 Å². The van der Waals surface area contributed by atoms with Gasteiger partial charge in [-0.1, -0.05) is 41.4 Å². The SMILES string of the molecule is CCOc1ccccc1-n1nc(-c2ccc(Cl)c(Cl)c2)c2c1NCCCC2. The lowest BCUT2D eigenvalue weighted by atomic mass is 10.0. The van der Waals surface area contributed by atoms with Gasteiger partial charge in [0, 0.05) is 17.7 Å².